The first-order valence-corrected chi connectivity index (χ1v) is 10.3. The van der Waals surface area contributed by atoms with Gasteiger partial charge >= 0.3 is 0 Å². The summed E-state index contributed by atoms with van der Waals surface area (Å²) < 4.78 is 28.5. The highest BCUT2D eigenvalue weighted by Crippen LogP contribution is 2.32. The Balaban J connectivity index is 1.78. The van der Waals surface area contributed by atoms with Crippen molar-refractivity contribution in [2.75, 3.05) is 49.3 Å². The Hall–Kier alpha value is -2.81. The summed E-state index contributed by atoms with van der Waals surface area (Å²) in [5, 5.41) is 11.5. The third-order valence-corrected chi connectivity index (χ3v) is 5.74. The van der Waals surface area contributed by atoms with Gasteiger partial charge in [-0.3, -0.25) is 10.1 Å². The second-order valence-electron chi connectivity index (χ2n) is 6.35. The monoisotopic (exact) mass is 391 g/mol. The molecule has 1 heterocycles. The van der Waals surface area contributed by atoms with E-state index in [4.69, 9.17) is 4.74 Å². The minimum Gasteiger partial charge on any atom is -0.497 e. The maximum Gasteiger partial charge on any atom is 0.293 e. The number of ether oxygens (including phenoxy) is 1. The van der Waals surface area contributed by atoms with Crippen molar-refractivity contribution in [1.82, 2.24) is 0 Å². The molecule has 1 aliphatic rings. The first-order chi connectivity index (χ1) is 12.8. The molecular formula is C18H21N3O5S. The number of piperazine rings is 1. The lowest BCUT2D eigenvalue weighted by molar-refractivity contribution is -0.384. The van der Waals surface area contributed by atoms with Crippen molar-refractivity contribution in [2.24, 2.45) is 0 Å². The summed E-state index contributed by atoms with van der Waals surface area (Å²) >= 11 is 0. The average molecular weight is 391 g/mol. The molecule has 0 spiro atoms. The summed E-state index contributed by atoms with van der Waals surface area (Å²) in [5.74, 6) is 0.791. The van der Waals surface area contributed by atoms with Crippen LogP contribution in [0.15, 0.2) is 47.4 Å². The second kappa shape index (κ2) is 7.43. The molecule has 3 rings (SSSR count). The van der Waals surface area contributed by atoms with Crippen molar-refractivity contribution in [3.05, 3.63) is 52.6 Å². The predicted octanol–water partition coefficient (Wildman–Crippen LogP) is 2.33. The predicted molar refractivity (Wildman–Crippen MR) is 104 cm³/mol. The van der Waals surface area contributed by atoms with E-state index in [1.54, 1.807) is 7.11 Å². The number of benzene rings is 2. The van der Waals surface area contributed by atoms with E-state index in [9.17, 15) is 18.5 Å². The van der Waals surface area contributed by atoms with Crippen LogP contribution < -0.4 is 14.5 Å². The number of nitro benzene ring substituents is 1. The molecule has 0 bridgehead atoms. The van der Waals surface area contributed by atoms with E-state index in [0.717, 1.165) is 23.8 Å². The maximum absolute atomic E-state index is 11.7. The van der Waals surface area contributed by atoms with Crippen LogP contribution >= 0.6 is 0 Å². The van der Waals surface area contributed by atoms with Gasteiger partial charge in [0, 0.05) is 44.2 Å². The lowest BCUT2D eigenvalue weighted by Crippen LogP contribution is -2.46. The Bertz CT molecular complexity index is 936. The number of anilines is 2. The fraction of sp³-hybridized carbons (Fsp3) is 0.333. The Morgan fingerprint density at radius 3 is 2.11 bits per heavy atom. The largest absolute Gasteiger partial charge is 0.497 e. The van der Waals surface area contributed by atoms with Gasteiger partial charge in [0.1, 0.15) is 11.4 Å². The van der Waals surface area contributed by atoms with Crippen molar-refractivity contribution in [3.8, 4) is 5.75 Å². The second-order valence-corrected chi connectivity index (χ2v) is 8.37. The third kappa shape index (κ3) is 4.13. The number of nitrogens with zero attached hydrogens (tertiary/aromatic N) is 3. The summed E-state index contributed by atoms with van der Waals surface area (Å²) in [7, 11) is -1.88. The van der Waals surface area contributed by atoms with Gasteiger partial charge in [0.15, 0.2) is 9.84 Å². The minimum absolute atomic E-state index is 0.0465. The molecule has 0 aliphatic carbocycles. The lowest BCUT2D eigenvalue weighted by Gasteiger charge is -2.37. The van der Waals surface area contributed by atoms with Gasteiger partial charge in [-0.1, -0.05) is 0 Å². The van der Waals surface area contributed by atoms with E-state index in [1.807, 2.05) is 29.2 Å². The van der Waals surface area contributed by atoms with Gasteiger partial charge < -0.3 is 14.5 Å². The van der Waals surface area contributed by atoms with Gasteiger partial charge in [-0.2, -0.15) is 0 Å². The van der Waals surface area contributed by atoms with Gasteiger partial charge in [-0.05, 0) is 36.4 Å². The van der Waals surface area contributed by atoms with Crippen molar-refractivity contribution >= 4 is 26.9 Å². The molecule has 0 saturated carbocycles. The van der Waals surface area contributed by atoms with Crippen LogP contribution in [0.5, 0.6) is 5.75 Å². The fourth-order valence-electron chi connectivity index (χ4n) is 3.15. The Morgan fingerprint density at radius 1 is 1.00 bits per heavy atom. The highest BCUT2D eigenvalue weighted by molar-refractivity contribution is 7.90. The molecular weight excluding hydrogens is 370 g/mol. The molecule has 1 saturated heterocycles. The molecule has 2 aromatic carbocycles. The molecule has 0 aromatic heterocycles. The SMILES string of the molecule is COc1ccc(N2CCN(c3ccc(S(C)(=O)=O)cc3[N+](=O)[O-])CC2)cc1. The van der Waals surface area contributed by atoms with Crippen LogP contribution in [-0.4, -0.2) is 52.9 Å². The highest BCUT2D eigenvalue weighted by Gasteiger charge is 2.25. The van der Waals surface area contributed by atoms with E-state index >= 15 is 0 Å². The number of hydrogen-bond donors (Lipinski definition) is 0. The standard InChI is InChI=1S/C18H21N3O5S/c1-26-15-5-3-14(4-6-15)19-9-11-20(12-10-19)17-8-7-16(27(2,24)25)13-18(17)21(22)23/h3-8,13H,9-12H2,1-2H3. The topological polar surface area (TPSA) is 93.0 Å². The molecule has 2 aromatic rings. The van der Waals surface area contributed by atoms with E-state index in [2.05, 4.69) is 4.90 Å². The summed E-state index contributed by atoms with van der Waals surface area (Å²) in [6.45, 7) is 2.62. The van der Waals surface area contributed by atoms with Crippen LogP contribution in [-0.2, 0) is 9.84 Å². The molecule has 0 amide bonds. The van der Waals surface area contributed by atoms with Crippen molar-refractivity contribution in [2.45, 2.75) is 4.90 Å². The summed E-state index contributed by atoms with van der Waals surface area (Å²) in [6.07, 6.45) is 1.04. The number of rotatable bonds is 5. The minimum atomic E-state index is -3.50. The molecule has 144 valence electrons. The lowest BCUT2D eigenvalue weighted by atomic mass is 10.2. The molecule has 0 unspecified atom stereocenters. The van der Waals surface area contributed by atoms with Crippen LogP contribution in [0.4, 0.5) is 17.1 Å². The molecule has 27 heavy (non-hydrogen) atoms. The summed E-state index contributed by atoms with van der Waals surface area (Å²) in [5.41, 5.74) is 1.33. The normalized spacial score (nSPS) is 14.9. The van der Waals surface area contributed by atoms with Gasteiger partial charge in [-0.15, -0.1) is 0 Å². The van der Waals surface area contributed by atoms with Crippen molar-refractivity contribution in [3.63, 3.8) is 0 Å². The first kappa shape index (κ1) is 19.0. The van der Waals surface area contributed by atoms with Crippen molar-refractivity contribution in [1.29, 1.82) is 0 Å². The van der Waals surface area contributed by atoms with Crippen LogP contribution in [0.1, 0.15) is 0 Å². The van der Waals surface area contributed by atoms with Gasteiger partial charge in [0.2, 0.25) is 0 Å². The zero-order chi connectivity index (χ0) is 19.6. The zero-order valence-corrected chi connectivity index (χ0v) is 16.0. The molecule has 0 N–H and O–H groups in total. The molecule has 0 atom stereocenters. The van der Waals surface area contributed by atoms with E-state index < -0.39 is 14.8 Å². The smallest absolute Gasteiger partial charge is 0.293 e. The maximum atomic E-state index is 11.7. The first-order valence-electron chi connectivity index (χ1n) is 8.42. The Labute approximate surface area is 158 Å². The number of methoxy groups -OCH3 is 1. The summed E-state index contributed by atoms with van der Waals surface area (Å²) in [4.78, 5) is 15.0. The van der Waals surface area contributed by atoms with Gasteiger partial charge in [0.05, 0.1) is 16.9 Å². The van der Waals surface area contributed by atoms with Crippen LogP contribution in [0.3, 0.4) is 0 Å². The Morgan fingerprint density at radius 2 is 1.59 bits per heavy atom. The van der Waals surface area contributed by atoms with Crippen LogP contribution in [0, 0.1) is 10.1 Å². The van der Waals surface area contributed by atoms with Crippen molar-refractivity contribution < 1.29 is 18.1 Å². The third-order valence-electron chi connectivity index (χ3n) is 4.63. The zero-order valence-electron chi connectivity index (χ0n) is 15.2. The van der Waals surface area contributed by atoms with Crippen LogP contribution in [0.25, 0.3) is 0 Å². The average Bonchev–Trinajstić information content (AvgIpc) is 2.67. The molecule has 1 aliphatic heterocycles. The fourth-order valence-corrected chi connectivity index (χ4v) is 3.79. The quantitative estimate of drug-likeness (QED) is 0.570. The van der Waals surface area contributed by atoms with Gasteiger partial charge in [-0.25, -0.2) is 8.42 Å². The number of hydrogen-bond acceptors (Lipinski definition) is 7. The highest BCUT2D eigenvalue weighted by atomic mass is 32.2. The molecule has 1 fully saturated rings. The van der Waals surface area contributed by atoms with E-state index in [0.29, 0.717) is 31.9 Å². The number of nitro groups is 1. The molecule has 9 heteroatoms. The summed E-state index contributed by atoms with van der Waals surface area (Å²) in [6, 6.07) is 11.9. The molecule has 8 nitrogen and oxygen atoms in total. The van der Waals surface area contributed by atoms with E-state index in [-0.39, 0.29) is 10.6 Å². The van der Waals surface area contributed by atoms with E-state index in [1.165, 1.54) is 12.1 Å². The molecule has 0 radical (unpaired) electrons. The number of sulfone groups is 1. The Kier molecular flexibility index (Phi) is 5.22. The van der Waals surface area contributed by atoms with Gasteiger partial charge in [0.25, 0.3) is 5.69 Å². The van der Waals surface area contributed by atoms with Crippen LogP contribution in [0.2, 0.25) is 0 Å².